The predicted octanol–water partition coefficient (Wildman–Crippen LogP) is 2.65. The van der Waals surface area contributed by atoms with Gasteiger partial charge in [-0.15, -0.1) is 0 Å². The maximum Gasteiger partial charge on any atom is 0.0164 e. The molecule has 2 unspecified atom stereocenters. The van der Waals surface area contributed by atoms with Crippen LogP contribution in [0.15, 0.2) is 0 Å². The maximum absolute atomic E-state index is 6.32. The van der Waals surface area contributed by atoms with Gasteiger partial charge in [-0.25, -0.2) is 0 Å². The van der Waals surface area contributed by atoms with Gasteiger partial charge < -0.3 is 5.73 Å². The molecule has 0 bridgehead atoms. The topological polar surface area (TPSA) is 26.0 Å². The van der Waals surface area contributed by atoms with Crippen LogP contribution in [-0.4, -0.2) is 17.5 Å². The van der Waals surface area contributed by atoms with E-state index in [2.05, 4.69) is 13.2 Å². The minimum absolute atomic E-state index is 0.181. The van der Waals surface area contributed by atoms with Gasteiger partial charge in [-0.3, -0.25) is 0 Å². The first-order valence-corrected chi connectivity index (χ1v) is 6.33. The van der Waals surface area contributed by atoms with Crippen LogP contribution in [0.5, 0.6) is 0 Å². The number of hydrogen-bond donors (Lipinski definition) is 1. The van der Waals surface area contributed by atoms with Gasteiger partial charge >= 0.3 is 0 Å². The van der Waals surface area contributed by atoms with E-state index in [0.717, 1.165) is 5.92 Å². The van der Waals surface area contributed by atoms with Crippen LogP contribution < -0.4 is 5.73 Å². The summed E-state index contributed by atoms with van der Waals surface area (Å²) in [6.07, 6.45) is 8.59. The Morgan fingerprint density at radius 3 is 2.92 bits per heavy atom. The summed E-state index contributed by atoms with van der Waals surface area (Å²) >= 11 is 1.92. The molecular formula is C10H21NS. The van der Waals surface area contributed by atoms with E-state index in [4.69, 9.17) is 5.73 Å². The van der Waals surface area contributed by atoms with Crippen molar-refractivity contribution in [1.29, 1.82) is 0 Å². The third kappa shape index (κ3) is 2.98. The lowest BCUT2D eigenvalue weighted by atomic mass is 9.76. The van der Waals surface area contributed by atoms with E-state index in [-0.39, 0.29) is 5.54 Å². The normalized spacial score (nSPS) is 36.8. The molecule has 0 aromatic rings. The molecule has 0 heterocycles. The molecule has 2 atom stereocenters. The minimum atomic E-state index is 0.181. The molecule has 0 amide bonds. The second kappa shape index (κ2) is 4.52. The molecule has 1 nitrogen and oxygen atoms in total. The Kier molecular flexibility index (Phi) is 3.91. The molecule has 12 heavy (non-hydrogen) atoms. The molecule has 1 fully saturated rings. The minimum Gasteiger partial charge on any atom is -0.325 e. The van der Waals surface area contributed by atoms with Crippen molar-refractivity contribution in [2.75, 3.05) is 12.0 Å². The van der Waals surface area contributed by atoms with Gasteiger partial charge in [-0.05, 0) is 37.2 Å². The quantitative estimate of drug-likeness (QED) is 0.735. The average Bonchev–Trinajstić information content (AvgIpc) is 2.01. The van der Waals surface area contributed by atoms with Crippen molar-refractivity contribution in [3.8, 4) is 0 Å². The van der Waals surface area contributed by atoms with E-state index in [1.807, 2.05) is 11.8 Å². The second-order valence-electron chi connectivity index (χ2n) is 4.31. The highest BCUT2D eigenvalue weighted by atomic mass is 32.2. The van der Waals surface area contributed by atoms with Crippen LogP contribution in [0.25, 0.3) is 0 Å². The van der Waals surface area contributed by atoms with Crippen molar-refractivity contribution >= 4 is 11.8 Å². The van der Waals surface area contributed by atoms with Gasteiger partial charge in [0.2, 0.25) is 0 Å². The molecule has 0 aromatic heterocycles. The molecule has 1 aliphatic rings. The first-order valence-electron chi connectivity index (χ1n) is 4.94. The lowest BCUT2D eigenvalue weighted by Crippen LogP contribution is -2.44. The molecule has 1 aliphatic carbocycles. The van der Waals surface area contributed by atoms with Gasteiger partial charge in [0.05, 0.1) is 0 Å². The molecule has 0 spiro atoms. The van der Waals surface area contributed by atoms with Crippen LogP contribution in [0.2, 0.25) is 0 Å². The summed E-state index contributed by atoms with van der Waals surface area (Å²) in [4.78, 5) is 0. The van der Waals surface area contributed by atoms with Gasteiger partial charge in [0.1, 0.15) is 0 Å². The third-order valence-electron chi connectivity index (χ3n) is 2.93. The fourth-order valence-electron chi connectivity index (χ4n) is 2.23. The van der Waals surface area contributed by atoms with Gasteiger partial charge in [0.15, 0.2) is 0 Å². The summed E-state index contributed by atoms with van der Waals surface area (Å²) in [7, 11) is 0. The first-order chi connectivity index (χ1) is 5.66. The molecule has 72 valence electrons. The largest absolute Gasteiger partial charge is 0.325 e. The van der Waals surface area contributed by atoms with Crippen molar-refractivity contribution in [3.05, 3.63) is 0 Å². The first kappa shape index (κ1) is 10.4. The van der Waals surface area contributed by atoms with E-state index in [9.17, 15) is 0 Å². The Morgan fingerprint density at radius 1 is 1.58 bits per heavy atom. The lowest BCUT2D eigenvalue weighted by Gasteiger charge is -2.36. The fourth-order valence-corrected chi connectivity index (χ4v) is 2.84. The van der Waals surface area contributed by atoms with E-state index in [1.54, 1.807) is 0 Å². The van der Waals surface area contributed by atoms with Crippen molar-refractivity contribution in [1.82, 2.24) is 0 Å². The van der Waals surface area contributed by atoms with Gasteiger partial charge in [-0.1, -0.05) is 19.8 Å². The zero-order chi connectivity index (χ0) is 9.03. The highest BCUT2D eigenvalue weighted by Gasteiger charge is 2.29. The molecule has 2 heteroatoms. The van der Waals surface area contributed by atoms with Crippen LogP contribution in [0.1, 0.15) is 39.0 Å². The number of rotatable bonds is 3. The summed E-state index contributed by atoms with van der Waals surface area (Å²) < 4.78 is 0. The number of thioether (sulfide) groups is 1. The van der Waals surface area contributed by atoms with Gasteiger partial charge in [-0.2, -0.15) is 11.8 Å². The van der Waals surface area contributed by atoms with Crippen LogP contribution in [-0.2, 0) is 0 Å². The standard InChI is InChI=1S/C10H21NS/c1-9-4-3-5-10(11,8-9)6-7-12-2/h9H,3-8,11H2,1-2H3. The Labute approximate surface area is 80.5 Å². The van der Waals surface area contributed by atoms with Crippen molar-refractivity contribution in [2.24, 2.45) is 11.7 Å². The summed E-state index contributed by atoms with van der Waals surface area (Å²) in [6.45, 7) is 2.33. The third-order valence-corrected chi connectivity index (χ3v) is 3.54. The molecule has 0 aromatic carbocycles. The summed E-state index contributed by atoms with van der Waals surface area (Å²) in [5.74, 6) is 2.08. The molecule has 1 saturated carbocycles. The summed E-state index contributed by atoms with van der Waals surface area (Å²) in [5.41, 5.74) is 6.50. The maximum atomic E-state index is 6.32. The Bertz CT molecular complexity index is 138. The van der Waals surface area contributed by atoms with E-state index >= 15 is 0 Å². The van der Waals surface area contributed by atoms with Crippen molar-refractivity contribution in [2.45, 2.75) is 44.6 Å². The van der Waals surface area contributed by atoms with Gasteiger partial charge in [0.25, 0.3) is 0 Å². The average molecular weight is 187 g/mol. The second-order valence-corrected chi connectivity index (χ2v) is 5.29. The number of nitrogens with two attached hydrogens (primary N) is 1. The molecule has 0 aliphatic heterocycles. The van der Waals surface area contributed by atoms with E-state index < -0.39 is 0 Å². The Balaban J connectivity index is 2.35. The van der Waals surface area contributed by atoms with Gasteiger partial charge in [0, 0.05) is 5.54 Å². The van der Waals surface area contributed by atoms with E-state index in [0.29, 0.717) is 0 Å². The van der Waals surface area contributed by atoms with Crippen LogP contribution in [0, 0.1) is 5.92 Å². The zero-order valence-corrected chi connectivity index (χ0v) is 9.12. The van der Waals surface area contributed by atoms with Crippen LogP contribution in [0.4, 0.5) is 0 Å². The summed E-state index contributed by atoms with van der Waals surface area (Å²) in [6, 6.07) is 0. The molecule has 0 radical (unpaired) electrons. The lowest BCUT2D eigenvalue weighted by molar-refractivity contribution is 0.232. The smallest absolute Gasteiger partial charge is 0.0164 e. The summed E-state index contributed by atoms with van der Waals surface area (Å²) in [5, 5.41) is 0. The zero-order valence-electron chi connectivity index (χ0n) is 8.31. The molecular weight excluding hydrogens is 166 g/mol. The highest BCUT2D eigenvalue weighted by Crippen LogP contribution is 2.33. The Morgan fingerprint density at radius 2 is 2.33 bits per heavy atom. The molecule has 1 rings (SSSR count). The van der Waals surface area contributed by atoms with Crippen LogP contribution in [0.3, 0.4) is 0 Å². The highest BCUT2D eigenvalue weighted by molar-refractivity contribution is 7.98. The van der Waals surface area contributed by atoms with Crippen molar-refractivity contribution < 1.29 is 0 Å². The SMILES string of the molecule is CSCCC1(N)CCCC(C)C1. The van der Waals surface area contributed by atoms with Crippen molar-refractivity contribution in [3.63, 3.8) is 0 Å². The van der Waals surface area contributed by atoms with Crippen LogP contribution >= 0.6 is 11.8 Å². The molecule has 0 saturated heterocycles. The predicted molar refractivity (Wildman–Crippen MR) is 57.5 cm³/mol. The Hall–Kier alpha value is 0.310. The fraction of sp³-hybridized carbons (Fsp3) is 1.00. The van der Waals surface area contributed by atoms with E-state index in [1.165, 1.54) is 37.9 Å². The molecule has 2 N–H and O–H groups in total. The monoisotopic (exact) mass is 187 g/mol. The number of hydrogen-bond acceptors (Lipinski definition) is 2.